The minimum Gasteiger partial charge on any atom is -0.444 e. The summed E-state index contributed by atoms with van der Waals surface area (Å²) in [7, 11) is 0. The van der Waals surface area contributed by atoms with Crippen LogP contribution in [0.4, 0.5) is 4.79 Å². The Morgan fingerprint density at radius 1 is 1.15 bits per heavy atom. The summed E-state index contributed by atoms with van der Waals surface area (Å²) >= 11 is 0. The van der Waals surface area contributed by atoms with Crippen LogP contribution in [0.3, 0.4) is 0 Å². The van der Waals surface area contributed by atoms with Crippen LogP contribution < -0.4 is 0 Å². The van der Waals surface area contributed by atoms with Crippen LogP contribution in [0.2, 0.25) is 0 Å². The molecule has 0 N–H and O–H groups in total. The molecule has 2 atom stereocenters. The van der Waals surface area contributed by atoms with E-state index in [1.807, 2.05) is 43.9 Å². The van der Waals surface area contributed by atoms with Crippen LogP contribution in [0.1, 0.15) is 52.0 Å². The van der Waals surface area contributed by atoms with Gasteiger partial charge in [0.25, 0.3) is 0 Å². The molecule has 4 rings (SSSR count). The van der Waals surface area contributed by atoms with Crippen LogP contribution in [-0.4, -0.2) is 47.7 Å². The second-order valence-corrected chi connectivity index (χ2v) is 9.15. The third kappa shape index (κ3) is 4.30. The van der Waals surface area contributed by atoms with E-state index < -0.39 is 11.4 Å². The standard InChI is InChI=1S/C22H31NO4/c1-21(2,3)27-20(24)23-18(13-16-7-5-4-6-8-16)14-22(25-11-12-26-22)15-19(23)17-9-10-17/h4-8,17-19H,9-15H2,1-3H3. The van der Waals surface area contributed by atoms with Gasteiger partial charge >= 0.3 is 6.09 Å². The molecule has 1 amide bonds. The Kier molecular flexibility index (Phi) is 4.93. The van der Waals surface area contributed by atoms with Gasteiger partial charge in [0.2, 0.25) is 0 Å². The number of amides is 1. The second-order valence-electron chi connectivity index (χ2n) is 9.15. The largest absolute Gasteiger partial charge is 0.444 e. The summed E-state index contributed by atoms with van der Waals surface area (Å²) in [6.07, 6.45) is 4.37. The summed E-state index contributed by atoms with van der Waals surface area (Å²) in [5.41, 5.74) is 0.721. The number of likely N-dealkylation sites (tertiary alicyclic amines) is 1. The van der Waals surface area contributed by atoms with E-state index in [4.69, 9.17) is 14.2 Å². The van der Waals surface area contributed by atoms with E-state index in [-0.39, 0.29) is 18.2 Å². The third-order valence-electron chi connectivity index (χ3n) is 5.72. The number of carbonyl (C=O) groups excluding carboxylic acids is 1. The molecular weight excluding hydrogens is 342 g/mol. The Labute approximate surface area is 162 Å². The van der Waals surface area contributed by atoms with E-state index in [1.54, 1.807) is 0 Å². The first-order valence-electron chi connectivity index (χ1n) is 10.2. The SMILES string of the molecule is CC(C)(C)OC(=O)N1C(Cc2ccccc2)CC2(CC1C1CC1)OCCO2. The predicted octanol–water partition coefficient (Wildman–Crippen LogP) is 4.15. The molecule has 5 nitrogen and oxygen atoms in total. The molecule has 3 aliphatic rings. The van der Waals surface area contributed by atoms with Crippen molar-refractivity contribution in [3.8, 4) is 0 Å². The number of hydrogen-bond donors (Lipinski definition) is 0. The van der Waals surface area contributed by atoms with Crippen molar-refractivity contribution in [2.75, 3.05) is 13.2 Å². The minimum atomic E-state index is -0.536. The molecule has 0 bridgehead atoms. The van der Waals surface area contributed by atoms with Gasteiger partial charge in [0.1, 0.15) is 5.60 Å². The Hall–Kier alpha value is -1.59. The molecular formula is C22H31NO4. The van der Waals surface area contributed by atoms with Gasteiger partial charge in [-0.1, -0.05) is 30.3 Å². The molecule has 1 aromatic rings. The Balaban J connectivity index is 1.63. The molecule has 148 valence electrons. The maximum absolute atomic E-state index is 13.2. The van der Waals surface area contributed by atoms with E-state index in [0.717, 1.165) is 25.7 Å². The van der Waals surface area contributed by atoms with Gasteiger partial charge in [-0.05, 0) is 51.5 Å². The number of piperidine rings is 1. The Morgan fingerprint density at radius 2 is 1.81 bits per heavy atom. The normalized spacial score (nSPS) is 27.7. The van der Waals surface area contributed by atoms with Crippen LogP contribution in [-0.2, 0) is 20.6 Å². The second kappa shape index (κ2) is 7.10. The first-order valence-corrected chi connectivity index (χ1v) is 10.2. The van der Waals surface area contributed by atoms with Gasteiger partial charge in [-0.25, -0.2) is 4.79 Å². The zero-order valence-corrected chi connectivity index (χ0v) is 16.6. The van der Waals surface area contributed by atoms with E-state index >= 15 is 0 Å². The van der Waals surface area contributed by atoms with Gasteiger partial charge in [0, 0.05) is 24.9 Å². The average Bonchev–Trinajstić information content (AvgIpc) is 3.35. The quantitative estimate of drug-likeness (QED) is 0.799. The lowest BCUT2D eigenvalue weighted by molar-refractivity contribution is -0.207. The first-order chi connectivity index (χ1) is 12.9. The molecule has 1 saturated carbocycles. The molecule has 0 radical (unpaired) electrons. The number of carbonyl (C=O) groups is 1. The van der Waals surface area contributed by atoms with Crippen LogP contribution in [0.25, 0.3) is 0 Å². The summed E-state index contributed by atoms with van der Waals surface area (Å²) in [4.78, 5) is 15.2. The van der Waals surface area contributed by atoms with Crippen molar-refractivity contribution in [3.63, 3.8) is 0 Å². The molecule has 27 heavy (non-hydrogen) atoms. The maximum Gasteiger partial charge on any atom is 0.410 e. The van der Waals surface area contributed by atoms with Gasteiger partial charge in [-0.3, -0.25) is 0 Å². The van der Waals surface area contributed by atoms with Crippen molar-refractivity contribution >= 4 is 6.09 Å². The summed E-state index contributed by atoms with van der Waals surface area (Å²) in [6, 6.07) is 10.5. The van der Waals surface area contributed by atoms with E-state index in [9.17, 15) is 4.79 Å². The summed E-state index contributed by atoms with van der Waals surface area (Å²) in [5.74, 6) is -0.00800. The molecule has 2 aliphatic heterocycles. The highest BCUT2D eigenvalue weighted by atomic mass is 16.7. The zero-order chi connectivity index (χ0) is 19.1. The van der Waals surface area contributed by atoms with Crippen molar-refractivity contribution in [1.29, 1.82) is 0 Å². The molecule has 2 saturated heterocycles. The zero-order valence-electron chi connectivity index (χ0n) is 16.6. The van der Waals surface area contributed by atoms with Crippen LogP contribution in [0.15, 0.2) is 30.3 Å². The summed E-state index contributed by atoms with van der Waals surface area (Å²) < 4.78 is 18.0. The van der Waals surface area contributed by atoms with E-state index in [2.05, 4.69) is 12.1 Å². The fourth-order valence-corrected chi connectivity index (χ4v) is 4.49. The van der Waals surface area contributed by atoms with E-state index in [0.29, 0.717) is 25.6 Å². The van der Waals surface area contributed by atoms with Crippen molar-refractivity contribution < 1.29 is 19.0 Å². The molecule has 3 fully saturated rings. The minimum absolute atomic E-state index is 0.0136. The summed E-state index contributed by atoms with van der Waals surface area (Å²) in [6.45, 7) is 7.07. The Bertz CT molecular complexity index is 659. The van der Waals surface area contributed by atoms with Crippen molar-refractivity contribution in [2.45, 2.75) is 76.3 Å². The van der Waals surface area contributed by atoms with Gasteiger partial charge < -0.3 is 19.1 Å². The number of hydrogen-bond acceptors (Lipinski definition) is 4. The molecule has 1 aromatic carbocycles. The van der Waals surface area contributed by atoms with Crippen LogP contribution in [0, 0.1) is 5.92 Å². The highest BCUT2D eigenvalue weighted by Crippen LogP contribution is 2.47. The Morgan fingerprint density at radius 3 is 2.41 bits per heavy atom. The number of nitrogens with zero attached hydrogens (tertiary/aromatic N) is 1. The molecule has 1 aliphatic carbocycles. The fourth-order valence-electron chi connectivity index (χ4n) is 4.49. The van der Waals surface area contributed by atoms with Crippen molar-refractivity contribution in [2.24, 2.45) is 5.92 Å². The van der Waals surface area contributed by atoms with Crippen LogP contribution >= 0.6 is 0 Å². The first kappa shape index (κ1) is 18.8. The van der Waals surface area contributed by atoms with Gasteiger partial charge in [0.05, 0.1) is 13.2 Å². The lowest BCUT2D eigenvalue weighted by Crippen LogP contribution is -2.60. The smallest absolute Gasteiger partial charge is 0.410 e. The van der Waals surface area contributed by atoms with E-state index in [1.165, 1.54) is 5.56 Å². The topological polar surface area (TPSA) is 48.0 Å². The number of rotatable bonds is 3. The molecule has 2 heterocycles. The number of benzene rings is 1. The van der Waals surface area contributed by atoms with Gasteiger partial charge in [-0.15, -0.1) is 0 Å². The fraction of sp³-hybridized carbons (Fsp3) is 0.682. The molecule has 1 spiro atoms. The highest BCUT2D eigenvalue weighted by Gasteiger charge is 2.54. The predicted molar refractivity (Wildman–Crippen MR) is 102 cm³/mol. The molecule has 0 aromatic heterocycles. The number of ether oxygens (including phenoxy) is 3. The van der Waals surface area contributed by atoms with Crippen molar-refractivity contribution in [3.05, 3.63) is 35.9 Å². The highest BCUT2D eigenvalue weighted by molar-refractivity contribution is 5.69. The third-order valence-corrected chi connectivity index (χ3v) is 5.72. The van der Waals surface area contributed by atoms with Gasteiger partial charge in [0.15, 0.2) is 5.79 Å². The molecule has 2 unspecified atom stereocenters. The van der Waals surface area contributed by atoms with Crippen LogP contribution in [0.5, 0.6) is 0 Å². The summed E-state index contributed by atoms with van der Waals surface area (Å²) in [5, 5.41) is 0. The van der Waals surface area contributed by atoms with Crippen molar-refractivity contribution in [1.82, 2.24) is 4.90 Å². The van der Waals surface area contributed by atoms with Gasteiger partial charge in [-0.2, -0.15) is 0 Å². The molecule has 5 heteroatoms. The lowest BCUT2D eigenvalue weighted by Gasteiger charge is -2.49. The average molecular weight is 373 g/mol. The maximum atomic E-state index is 13.2. The monoisotopic (exact) mass is 373 g/mol. The lowest BCUT2D eigenvalue weighted by atomic mass is 9.85.